The average Bonchev–Trinajstić information content (AvgIpc) is 2.95. The highest BCUT2D eigenvalue weighted by Gasteiger charge is 2.45. The minimum absolute atomic E-state index is 0.0108. The van der Waals surface area contributed by atoms with Crippen LogP contribution < -0.4 is 4.90 Å². The van der Waals surface area contributed by atoms with Gasteiger partial charge < -0.3 is 4.90 Å². The second-order valence-electron chi connectivity index (χ2n) is 4.83. The SMILES string of the molecule is CCc1ccc(N2C(=O)[C@@H]3CCCN3C2=S)cc1. The third-order valence-corrected chi connectivity index (χ3v) is 4.22. The fourth-order valence-corrected chi connectivity index (χ4v) is 3.16. The molecule has 0 unspecified atom stereocenters. The van der Waals surface area contributed by atoms with E-state index in [1.807, 2.05) is 12.1 Å². The van der Waals surface area contributed by atoms with Crippen LogP contribution in [0.2, 0.25) is 0 Å². The number of anilines is 1. The van der Waals surface area contributed by atoms with Gasteiger partial charge in [-0.15, -0.1) is 0 Å². The van der Waals surface area contributed by atoms with Gasteiger partial charge in [0.05, 0.1) is 5.69 Å². The molecule has 2 aliphatic heterocycles. The Bertz CT molecular complexity index is 475. The zero-order chi connectivity index (χ0) is 12.7. The first-order chi connectivity index (χ1) is 8.72. The number of benzene rings is 1. The second kappa shape index (κ2) is 4.35. The molecule has 2 saturated heterocycles. The molecule has 1 amide bonds. The number of thiocarbonyl (C=S) groups is 1. The number of carbonyl (C=O) groups excluding carboxylic acids is 1. The van der Waals surface area contributed by atoms with Gasteiger partial charge in [0.25, 0.3) is 5.91 Å². The van der Waals surface area contributed by atoms with Crippen LogP contribution in [0.15, 0.2) is 24.3 Å². The maximum absolute atomic E-state index is 12.3. The van der Waals surface area contributed by atoms with E-state index in [-0.39, 0.29) is 11.9 Å². The predicted octanol–water partition coefficient (Wildman–Crippen LogP) is 2.34. The van der Waals surface area contributed by atoms with E-state index in [1.165, 1.54) is 5.56 Å². The third-order valence-electron chi connectivity index (χ3n) is 3.80. The van der Waals surface area contributed by atoms with Crippen LogP contribution in [0.5, 0.6) is 0 Å². The van der Waals surface area contributed by atoms with E-state index in [2.05, 4.69) is 24.0 Å². The molecule has 18 heavy (non-hydrogen) atoms. The van der Waals surface area contributed by atoms with E-state index in [4.69, 9.17) is 12.2 Å². The fourth-order valence-electron chi connectivity index (χ4n) is 2.74. The van der Waals surface area contributed by atoms with Gasteiger partial charge in [-0.3, -0.25) is 9.69 Å². The van der Waals surface area contributed by atoms with Crippen molar-refractivity contribution in [3.8, 4) is 0 Å². The minimum Gasteiger partial charge on any atom is -0.336 e. The zero-order valence-electron chi connectivity index (χ0n) is 10.4. The van der Waals surface area contributed by atoms with Gasteiger partial charge >= 0.3 is 0 Å². The van der Waals surface area contributed by atoms with Crippen molar-refractivity contribution in [2.24, 2.45) is 0 Å². The Hall–Kier alpha value is -1.42. The highest BCUT2D eigenvalue weighted by molar-refractivity contribution is 7.80. The van der Waals surface area contributed by atoms with Crippen LogP contribution in [-0.4, -0.2) is 28.5 Å². The average molecular weight is 260 g/mol. The van der Waals surface area contributed by atoms with Gasteiger partial charge in [0, 0.05) is 6.54 Å². The van der Waals surface area contributed by atoms with Crippen LogP contribution in [0.4, 0.5) is 5.69 Å². The van der Waals surface area contributed by atoms with E-state index in [1.54, 1.807) is 4.90 Å². The maximum atomic E-state index is 12.3. The van der Waals surface area contributed by atoms with Crippen LogP contribution in [0.1, 0.15) is 25.3 Å². The first-order valence-corrected chi connectivity index (χ1v) is 6.86. The highest BCUT2D eigenvalue weighted by Crippen LogP contribution is 2.31. The number of amides is 1. The maximum Gasteiger partial charge on any atom is 0.256 e. The molecular formula is C14H16N2OS. The monoisotopic (exact) mass is 260 g/mol. The molecule has 2 heterocycles. The standard InChI is InChI=1S/C14H16N2OS/c1-2-10-5-7-11(8-6-10)16-13(17)12-4-3-9-15(12)14(16)18/h5-8,12H,2-4,9H2,1H3/t12-/m0/s1. The Morgan fingerprint density at radius 1 is 1.33 bits per heavy atom. The molecule has 1 aromatic carbocycles. The van der Waals surface area contributed by atoms with Crippen molar-refractivity contribution in [2.45, 2.75) is 32.2 Å². The van der Waals surface area contributed by atoms with E-state index < -0.39 is 0 Å². The van der Waals surface area contributed by atoms with E-state index in [0.717, 1.165) is 31.5 Å². The Morgan fingerprint density at radius 2 is 2.06 bits per heavy atom. The smallest absolute Gasteiger partial charge is 0.256 e. The quantitative estimate of drug-likeness (QED) is 0.763. The number of fused-ring (bicyclic) bond motifs is 1. The van der Waals surface area contributed by atoms with Crippen molar-refractivity contribution in [1.82, 2.24) is 4.90 Å². The Balaban J connectivity index is 1.92. The summed E-state index contributed by atoms with van der Waals surface area (Å²) in [6, 6.07) is 8.10. The largest absolute Gasteiger partial charge is 0.336 e. The number of carbonyl (C=O) groups is 1. The van der Waals surface area contributed by atoms with Gasteiger partial charge in [-0.25, -0.2) is 0 Å². The summed E-state index contributed by atoms with van der Waals surface area (Å²) in [5, 5.41) is 0.673. The molecule has 0 aromatic heterocycles. The topological polar surface area (TPSA) is 23.6 Å². The summed E-state index contributed by atoms with van der Waals surface area (Å²) in [7, 11) is 0. The van der Waals surface area contributed by atoms with Gasteiger partial charge in [-0.05, 0) is 49.2 Å². The van der Waals surface area contributed by atoms with Gasteiger partial charge in [0.2, 0.25) is 0 Å². The summed E-state index contributed by atoms with van der Waals surface area (Å²) in [6.45, 7) is 3.04. The Morgan fingerprint density at radius 3 is 2.67 bits per heavy atom. The molecule has 4 heteroatoms. The lowest BCUT2D eigenvalue weighted by atomic mass is 10.1. The van der Waals surface area contributed by atoms with Crippen molar-refractivity contribution >= 4 is 28.9 Å². The van der Waals surface area contributed by atoms with Crippen LogP contribution in [-0.2, 0) is 11.2 Å². The van der Waals surface area contributed by atoms with Crippen molar-refractivity contribution in [1.29, 1.82) is 0 Å². The number of aryl methyl sites for hydroxylation is 1. The normalized spacial score (nSPS) is 22.8. The van der Waals surface area contributed by atoms with Crippen molar-refractivity contribution in [3.63, 3.8) is 0 Å². The number of nitrogens with zero attached hydrogens (tertiary/aromatic N) is 2. The zero-order valence-corrected chi connectivity index (χ0v) is 11.2. The van der Waals surface area contributed by atoms with Crippen LogP contribution in [0, 0.1) is 0 Å². The van der Waals surface area contributed by atoms with E-state index >= 15 is 0 Å². The summed E-state index contributed by atoms with van der Waals surface area (Å²) in [5.41, 5.74) is 2.17. The van der Waals surface area contributed by atoms with Gasteiger partial charge in [0.15, 0.2) is 5.11 Å². The molecule has 94 valence electrons. The molecule has 0 aliphatic carbocycles. The minimum atomic E-state index is -0.0108. The molecule has 0 N–H and O–H groups in total. The summed E-state index contributed by atoms with van der Waals surface area (Å²) in [6.07, 6.45) is 3.01. The van der Waals surface area contributed by atoms with E-state index in [0.29, 0.717) is 5.11 Å². The lowest BCUT2D eigenvalue weighted by Crippen LogP contribution is -2.32. The Labute approximate surface area is 112 Å². The van der Waals surface area contributed by atoms with Crippen molar-refractivity contribution in [3.05, 3.63) is 29.8 Å². The number of hydrogen-bond acceptors (Lipinski definition) is 2. The molecule has 3 nitrogen and oxygen atoms in total. The molecule has 3 rings (SSSR count). The Kier molecular flexibility index (Phi) is 2.82. The molecular weight excluding hydrogens is 244 g/mol. The lowest BCUT2D eigenvalue weighted by Gasteiger charge is -2.18. The van der Waals surface area contributed by atoms with Crippen LogP contribution in [0.25, 0.3) is 0 Å². The molecule has 0 spiro atoms. The molecule has 0 radical (unpaired) electrons. The van der Waals surface area contributed by atoms with Crippen molar-refractivity contribution < 1.29 is 4.79 Å². The molecule has 0 bridgehead atoms. The molecule has 2 fully saturated rings. The fraction of sp³-hybridized carbons (Fsp3) is 0.429. The summed E-state index contributed by atoms with van der Waals surface area (Å²) < 4.78 is 0. The first-order valence-electron chi connectivity index (χ1n) is 6.46. The molecule has 1 atom stereocenters. The summed E-state index contributed by atoms with van der Waals surface area (Å²) in [4.78, 5) is 16.1. The lowest BCUT2D eigenvalue weighted by molar-refractivity contribution is -0.119. The first kappa shape index (κ1) is 11.7. The molecule has 1 aromatic rings. The number of hydrogen-bond donors (Lipinski definition) is 0. The number of rotatable bonds is 2. The van der Waals surface area contributed by atoms with Gasteiger partial charge in [0.1, 0.15) is 6.04 Å². The third kappa shape index (κ3) is 1.63. The van der Waals surface area contributed by atoms with Gasteiger partial charge in [-0.2, -0.15) is 0 Å². The summed E-state index contributed by atoms with van der Waals surface area (Å²) >= 11 is 5.43. The summed E-state index contributed by atoms with van der Waals surface area (Å²) in [5.74, 6) is 0.141. The predicted molar refractivity (Wildman–Crippen MR) is 75.6 cm³/mol. The van der Waals surface area contributed by atoms with E-state index in [9.17, 15) is 4.79 Å². The van der Waals surface area contributed by atoms with Gasteiger partial charge in [-0.1, -0.05) is 19.1 Å². The van der Waals surface area contributed by atoms with Crippen LogP contribution in [0.3, 0.4) is 0 Å². The molecule has 0 saturated carbocycles. The van der Waals surface area contributed by atoms with Crippen LogP contribution >= 0.6 is 12.2 Å². The van der Waals surface area contributed by atoms with Crippen molar-refractivity contribution in [2.75, 3.05) is 11.4 Å². The molecule has 2 aliphatic rings. The second-order valence-corrected chi connectivity index (χ2v) is 5.19. The highest BCUT2D eigenvalue weighted by atomic mass is 32.1.